The molecule has 6 heteroatoms. The largest absolute Gasteiger partial charge is 0.487 e. The first kappa shape index (κ1) is 18.0. The molecule has 1 atom stereocenters. The fraction of sp³-hybridized carbons (Fsp3) is 0.524. The Kier molecular flexibility index (Phi) is 4.68. The minimum absolute atomic E-state index is 0.0615. The lowest BCUT2D eigenvalue weighted by atomic mass is 9.82. The summed E-state index contributed by atoms with van der Waals surface area (Å²) in [6, 6.07) is 7.94. The molecule has 0 saturated carbocycles. The van der Waals surface area contributed by atoms with Gasteiger partial charge in [0.1, 0.15) is 11.4 Å². The summed E-state index contributed by atoms with van der Waals surface area (Å²) < 4.78 is 13.8. The van der Waals surface area contributed by atoms with Gasteiger partial charge in [0.2, 0.25) is 0 Å². The number of amides is 1. The van der Waals surface area contributed by atoms with Crippen LogP contribution in [0, 0.1) is 13.8 Å². The molecule has 0 bridgehead atoms. The van der Waals surface area contributed by atoms with E-state index in [1.807, 2.05) is 49.7 Å². The highest BCUT2D eigenvalue weighted by molar-refractivity contribution is 5.96. The van der Waals surface area contributed by atoms with E-state index in [2.05, 4.69) is 10.4 Å². The molecule has 4 rings (SSSR count). The predicted molar refractivity (Wildman–Crippen MR) is 102 cm³/mol. The Labute approximate surface area is 159 Å². The van der Waals surface area contributed by atoms with Crippen LogP contribution in [0.4, 0.5) is 0 Å². The number of nitrogens with zero attached hydrogens (tertiary/aromatic N) is 2. The monoisotopic (exact) mass is 369 g/mol. The molecule has 1 fully saturated rings. The SMILES string of the molecule is CCn1nc(C)c(C(=O)N[C@@H]2CC3(CCOCC3)Oc3ccccc32)c1C. The van der Waals surface area contributed by atoms with Gasteiger partial charge in [-0.15, -0.1) is 0 Å². The van der Waals surface area contributed by atoms with Gasteiger partial charge in [-0.25, -0.2) is 0 Å². The van der Waals surface area contributed by atoms with Crippen LogP contribution in [-0.2, 0) is 11.3 Å². The highest BCUT2D eigenvalue weighted by Crippen LogP contribution is 2.44. The molecule has 0 radical (unpaired) electrons. The number of nitrogens with one attached hydrogen (secondary N) is 1. The highest BCUT2D eigenvalue weighted by atomic mass is 16.5. The number of carbonyl (C=O) groups excluding carboxylic acids is 1. The molecule has 144 valence electrons. The number of ether oxygens (including phenoxy) is 2. The zero-order valence-corrected chi connectivity index (χ0v) is 16.2. The second kappa shape index (κ2) is 7.00. The highest BCUT2D eigenvalue weighted by Gasteiger charge is 2.42. The third kappa shape index (κ3) is 3.23. The van der Waals surface area contributed by atoms with Crippen molar-refractivity contribution in [3.63, 3.8) is 0 Å². The van der Waals surface area contributed by atoms with E-state index in [4.69, 9.17) is 9.47 Å². The molecule has 1 aromatic heterocycles. The Morgan fingerprint density at radius 2 is 2.04 bits per heavy atom. The lowest BCUT2D eigenvalue weighted by Gasteiger charge is -2.44. The number of aryl methyl sites for hydroxylation is 2. The lowest BCUT2D eigenvalue weighted by molar-refractivity contribution is -0.0639. The van der Waals surface area contributed by atoms with Crippen molar-refractivity contribution in [3.05, 3.63) is 46.8 Å². The van der Waals surface area contributed by atoms with Gasteiger partial charge in [-0.05, 0) is 26.8 Å². The van der Waals surface area contributed by atoms with Gasteiger partial charge in [0, 0.05) is 37.1 Å². The second-order valence-corrected chi connectivity index (χ2v) is 7.53. The van der Waals surface area contributed by atoms with Crippen LogP contribution in [0.15, 0.2) is 24.3 Å². The van der Waals surface area contributed by atoms with Crippen LogP contribution >= 0.6 is 0 Å². The fourth-order valence-corrected chi connectivity index (χ4v) is 4.36. The van der Waals surface area contributed by atoms with E-state index in [1.165, 1.54) is 0 Å². The number of benzene rings is 1. The number of rotatable bonds is 3. The molecule has 1 N–H and O–H groups in total. The Bertz CT molecular complexity index is 852. The molecule has 6 nitrogen and oxygen atoms in total. The predicted octanol–water partition coefficient (Wildman–Crippen LogP) is 3.32. The van der Waals surface area contributed by atoms with Crippen molar-refractivity contribution in [2.75, 3.05) is 13.2 Å². The van der Waals surface area contributed by atoms with Crippen LogP contribution < -0.4 is 10.1 Å². The normalized spacial score (nSPS) is 20.8. The van der Waals surface area contributed by atoms with Gasteiger partial charge >= 0.3 is 0 Å². The van der Waals surface area contributed by atoms with Gasteiger partial charge in [-0.3, -0.25) is 9.48 Å². The van der Waals surface area contributed by atoms with Crippen LogP contribution in [-0.4, -0.2) is 34.5 Å². The first-order valence-corrected chi connectivity index (χ1v) is 9.73. The Hall–Kier alpha value is -2.34. The summed E-state index contributed by atoms with van der Waals surface area (Å²) in [5.41, 5.74) is 3.15. The molecule has 1 amide bonds. The zero-order valence-electron chi connectivity index (χ0n) is 16.2. The maximum Gasteiger partial charge on any atom is 0.255 e. The second-order valence-electron chi connectivity index (χ2n) is 7.53. The van der Waals surface area contributed by atoms with Gasteiger partial charge in [0.15, 0.2) is 0 Å². The molecule has 1 aromatic carbocycles. The van der Waals surface area contributed by atoms with Crippen molar-refractivity contribution >= 4 is 5.91 Å². The van der Waals surface area contributed by atoms with Crippen LogP contribution in [0.5, 0.6) is 5.75 Å². The van der Waals surface area contributed by atoms with Gasteiger partial charge < -0.3 is 14.8 Å². The van der Waals surface area contributed by atoms with Gasteiger partial charge in [0.05, 0.1) is 30.5 Å². The van der Waals surface area contributed by atoms with E-state index in [-0.39, 0.29) is 17.6 Å². The van der Waals surface area contributed by atoms with Crippen LogP contribution in [0.2, 0.25) is 0 Å². The summed E-state index contributed by atoms with van der Waals surface area (Å²) in [5, 5.41) is 7.75. The number of fused-ring (bicyclic) bond motifs is 1. The van der Waals surface area contributed by atoms with Crippen LogP contribution in [0.3, 0.4) is 0 Å². The first-order valence-electron chi connectivity index (χ1n) is 9.73. The maximum absolute atomic E-state index is 13.1. The molecule has 1 spiro atoms. The summed E-state index contributed by atoms with van der Waals surface area (Å²) in [6.45, 7) is 8.03. The molecule has 2 aliphatic heterocycles. The van der Waals surface area contributed by atoms with E-state index in [1.54, 1.807) is 0 Å². The van der Waals surface area contributed by atoms with Gasteiger partial charge in [-0.2, -0.15) is 5.10 Å². The number of hydrogen-bond acceptors (Lipinski definition) is 4. The number of carbonyl (C=O) groups is 1. The van der Waals surface area contributed by atoms with Crippen LogP contribution in [0.25, 0.3) is 0 Å². The van der Waals surface area contributed by atoms with E-state index in [0.29, 0.717) is 18.8 Å². The standard InChI is InChI=1S/C21H27N3O3/c1-4-24-15(3)19(14(2)23-24)20(25)22-17-13-21(9-11-26-12-10-21)27-18-8-6-5-7-16(17)18/h5-8,17H,4,9-13H2,1-3H3,(H,22,25)/t17-/m1/s1. The molecular formula is C21H27N3O3. The van der Waals surface area contributed by atoms with Crippen molar-refractivity contribution in [2.45, 2.75) is 58.2 Å². The smallest absolute Gasteiger partial charge is 0.255 e. The minimum Gasteiger partial charge on any atom is -0.487 e. The molecule has 3 heterocycles. The van der Waals surface area contributed by atoms with E-state index in [0.717, 1.165) is 48.5 Å². The van der Waals surface area contributed by atoms with Crippen molar-refractivity contribution < 1.29 is 14.3 Å². The Morgan fingerprint density at radius 1 is 1.30 bits per heavy atom. The average Bonchev–Trinajstić information content (AvgIpc) is 2.95. The third-order valence-corrected chi connectivity index (χ3v) is 5.81. The van der Waals surface area contributed by atoms with E-state index < -0.39 is 0 Å². The molecular weight excluding hydrogens is 342 g/mol. The van der Waals surface area contributed by atoms with Crippen LogP contribution in [0.1, 0.15) is 59.5 Å². The minimum atomic E-state index is -0.262. The number of hydrogen-bond donors (Lipinski definition) is 1. The van der Waals surface area contributed by atoms with Crippen molar-refractivity contribution in [2.24, 2.45) is 0 Å². The Morgan fingerprint density at radius 3 is 2.74 bits per heavy atom. The first-order chi connectivity index (χ1) is 13.0. The molecule has 2 aliphatic rings. The molecule has 0 unspecified atom stereocenters. The fourth-order valence-electron chi connectivity index (χ4n) is 4.36. The zero-order chi connectivity index (χ0) is 19.0. The quantitative estimate of drug-likeness (QED) is 0.901. The summed E-state index contributed by atoms with van der Waals surface area (Å²) in [7, 11) is 0. The van der Waals surface area contributed by atoms with Gasteiger partial charge in [-0.1, -0.05) is 18.2 Å². The molecule has 0 aliphatic carbocycles. The maximum atomic E-state index is 13.1. The third-order valence-electron chi connectivity index (χ3n) is 5.81. The number of aromatic nitrogens is 2. The summed E-state index contributed by atoms with van der Waals surface area (Å²) >= 11 is 0. The molecule has 27 heavy (non-hydrogen) atoms. The summed E-state index contributed by atoms with van der Waals surface area (Å²) in [6.07, 6.45) is 2.46. The number of para-hydroxylation sites is 1. The van der Waals surface area contributed by atoms with Crippen molar-refractivity contribution in [1.82, 2.24) is 15.1 Å². The molecule has 2 aromatic rings. The Balaban J connectivity index is 1.64. The summed E-state index contributed by atoms with van der Waals surface area (Å²) in [5.74, 6) is 0.808. The molecule has 1 saturated heterocycles. The van der Waals surface area contributed by atoms with Gasteiger partial charge in [0.25, 0.3) is 5.91 Å². The average molecular weight is 369 g/mol. The van der Waals surface area contributed by atoms with E-state index >= 15 is 0 Å². The van der Waals surface area contributed by atoms with Crippen molar-refractivity contribution in [3.8, 4) is 5.75 Å². The summed E-state index contributed by atoms with van der Waals surface area (Å²) in [4.78, 5) is 13.1. The van der Waals surface area contributed by atoms with Crippen molar-refractivity contribution in [1.29, 1.82) is 0 Å². The topological polar surface area (TPSA) is 65.4 Å². The lowest BCUT2D eigenvalue weighted by Crippen LogP contribution is -2.48. The van der Waals surface area contributed by atoms with E-state index in [9.17, 15) is 4.79 Å².